The van der Waals surface area contributed by atoms with E-state index in [1.807, 2.05) is 31.6 Å². The van der Waals surface area contributed by atoms with E-state index in [1.54, 1.807) is 0 Å². The maximum absolute atomic E-state index is 4.38. The van der Waals surface area contributed by atoms with Crippen LogP contribution >= 0.6 is 0 Å². The molecule has 0 bridgehead atoms. The first-order chi connectivity index (χ1) is 9.38. The number of likely N-dealkylation sites (N-methyl/N-ethyl adjacent to an activating group) is 1. The molecular weight excluding hydrogens is 238 g/mol. The second kappa shape index (κ2) is 5.40. The van der Waals surface area contributed by atoms with Gasteiger partial charge in [0.2, 0.25) is 0 Å². The van der Waals surface area contributed by atoms with Crippen LogP contribution < -0.4 is 10.2 Å². The third-order valence-electron chi connectivity index (χ3n) is 3.66. The minimum absolute atomic E-state index is 0.539. The van der Waals surface area contributed by atoms with Crippen LogP contribution in [0.4, 0.5) is 5.82 Å². The van der Waals surface area contributed by atoms with Crippen LogP contribution in [-0.2, 0) is 0 Å². The van der Waals surface area contributed by atoms with Crippen molar-refractivity contribution in [3.8, 4) is 11.3 Å². The van der Waals surface area contributed by atoms with Gasteiger partial charge in [-0.15, -0.1) is 10.2 Å². The van der Waals surface area contributed by atoms with E-state index in [9.17, 15) is 0 Å². The maximum Gasteiger partial charge on any atom is 0.151 e. The number of nitrogens with zero attached hydrogens (tertiary/aromatic N) is 3. The number of hydrogen-bond donors (Lipinski definition) is 2. The summed E-state index contributed by atoms with van der Waals surface area (Å²) in [7, 11) is 2.00. The molecule has 1 saturated heterocycles. The van der Waals surface area contributed by atoms with Crippen molar-refractivity contribution in [3.63, 3.8) is 0 Å². The summed E-state index contributed by atoms with van der Waals surface area (Å²) in [4.78, 5) is 5.39. The van der Waals surface area contributed by atoms with Crippen molar-refractivity contribution >= 4 is 5.82 Å². The molecule has 19 heavy (non-hydrogen) atoms. The van der Waals surface area contributed by atoms with E-state index in [0.29, 0.717) is 6.04 Å². The predicted molar refractivity (Wildman–Crippen MR) is 76.1 cm³/mol. The second-order valence-corrected chi connectivity index (χ2v) is 4.92. The van der Waals surface area contributed by atoms with Crippen LogP contribution in [-0.4, -0.2) is 41.4 Å². The number of hydrogen-bond acceptors (Lipinski definition) is 4. The van der Waals surface area contributed by atoms with Gasteiger partial charge in [-0.05, 0) is 38.1 Å². The minimum Gasteiger partial charge on any atom is -0.367 e. The first-order valence-corrected chi connectivity index (χ1v) is 6.76. The van der Waals surface area contributed by atoms with Crippen molar-refractivity contribution in [2.75, 3.05) is 25.0 Å². The number of aromatic amines is 1. The lowest BCUT2D eigenvalue weighted by Crippen LogP contribution is -2.37. The minimum atomic E-state index is 0.539. The van der Waals surface area contributed by atoms with E-state index in [1.165, 1.54) is 12.8 Å². The van der Waals surface area contributed by atoms with Crippen LogP contribution in [0.5, 0.6) is 0 Å². The molecule has 1 fully saturated rings. The molecule has 0 saturated carbocycles. The molecule has 0 spiro atoms. The number of aromatic nitrogens is 3. The van der Waals surface area contributed by atoms with E-state index >= 15 is 0 Å². The van der Waals surface area contributed by atoms with Crippen LogP contribution in [0.15, 0.2) is 30.6 Å². The van der Waals surface area contributed by atoms with Crippen molar-refractivity contribution in [1.29, 1.82) is 0 Å². The van der Waals surface area contributed by atoms with Gasteiger partial charge in [0.1, 0.15) is 0 Å². The highest BCUT2D eigenvalue weighted by Gasteiger charge is 2.25. The molecule has 3 rings (SSSR count). The zero-order chi connectivity index (χ0) is 13.1. The summed E-state index contributed by atoms with van der Waals surface area (Å²) in [5, 5.41) is 12.0. The van der Waals surface area contributed by atoms with Gasteiger partial charge in [0, 0.05) is 37.1 Å². The SMILES string of the molecule is CNCC1CCCN1c1ccc(-c2cc[nH]c2)nn1. The van der Waals surface area contributed by atoms with Crippen LogP contribution in [0.3, 0.4) is 0 Å². The number of rotatable bonds is 4. The summed E-state index contributed by atoms with van der Waals surface area (Å²) in [6.07, 6.45) is 6.29. The smallest absolute Gasteiger partial charge is 0.151 e. The normalized spacial score (nSPS) is 19.0. The van der Waals surface area contributed by atoms with Gasteiger partial charge in [0.05, 0.1) is 5.69 Å². The molecular formula is C14H19N5. The molecule has 0 amide bonds. The third-order valence-corrected chi connectivity index (χ3v) is 3.66. The maximum atomic E-state index is 4.38. The molecule has 5 nitrogen and oxygen atoms in total. The molecule has 1 aliphatic heterocycles. The molecule has 0 aromatic carbocycles. The molecule has 0 aliphatic carbocycles. The lowest BCUT2D eigenvalue weighted by Gasteiger charge is -2.25. The Bertz CT molecular complexity index is 505. The Labute approximate surface area is 113 Å². The standard InChI is InChI=1S/C14H19N5/c1-15-10-12-3-2-8-19(12)14-5-4-13(17-18-14)11-6-7-16-9-11/h4-7,9,12,15-16H,2-3,8,10H2,1H3. The van der Waals surface area contributed by atoms with E-state index in [0.717, 1.165) is 30.2 Å². The van der Waals surface area contributed by atoms with Crippen molar-refractivity contribution in [1.82, 2.24) is 20.5 Å². The Morgan fingerprint density at radius 2 is 2.32 bits per heavy atom. The zero-order valence-electron chi connectivity index (χ0n) is 11.1. The summed E-state index contributed by atoms with van der Waals surface area (Å²) >= 11 is 0. The molecule has 100 valence electrons. The van der Waals surface area contributed by atoms with E-state index in [4.69, 9.17) is 0 Å². The Morgan fingerprint density at radius 1 is 1.37 bits per heavy atom. The van der Waals surface area contributed by atoms with Gasteiger partial charge in [0.25, 0.3) is 0 Å². The molecule has 1 unspecified atom stereocenters. The quantitative estimate of drug-likeness (QED) is 0.874. The predicted octanol–water partition coefficient (Wildman–Crippen LogP) is 1.66. The lowest BCUT2D eigenvalue weighted by molar-refractivity contribution is 0.610. The highest BCUT2D eigenvalue weighted by molar-refractivity contribution is 5.58. The average molecular weight is 257 g/mol. The fourth-order valence-corrected chi connectivity index (χ4v) is 2.70. The van der Waals surface area contributed by atoms with E-state index < -0.39 is 0 Å². The van der Waals surface area contributed by atoms with E-state index in [-0.39, 0.29) is 0 Å². The number of nitrogens with one attached hydrogen (secondary N) is 2. The molecule has 2 aromatic heterocycles. The Hall–Kier alpha value is -1.88. The molecule has 5 heteroatoms. The van der Waals surface area contributed by atoms with E-state index in [2.05, 4.69) is 31.5 Å². The summed E-state index contributed by atoms with van der Waals surface area (Å²) in [6, 6.07) is 6.66. The lowest BCUT2D eigenvalue weighted by atomic mass is 10.2. The third kappa shape index (κ3) is 2.46. The van der Waals surface area contributed by atoms with Crippen LogP contribution in [0.25, 0.3) is 11.3 Å². The molecule has 2 aromatic rings. The highest BCUT2D eigenvalue weighted by Crippen LogP contribution is 2.24. The molecule has 0 radical (unpaired) electrons. The van der Waals surface area contributed by atoms with Crippen molar-refractivity contribution in [3.05, 3.63) is 30.6 Å². The van der Waals surface area contributed by atoms with Gasteiger partial charge in [-0.1, -0.05) is 0 Å². The molecule has 1 atom stereocenters. The van der Waals surface area contributed by atoms with Crippen LogP contribution in [0.1, 0.15) is 12.8 Å². The largest absolute Gasteiger partial charge is 0.367 e. The summed E-state index contributed by atoms with van der Waals surface area (Å²) < 4.78 is 0. The summed E-state index contributed by atoms with van der Waals surface area (Å²) in [5.74, 6) is 0.983. The van der Waals surface area contributed by atoms with Crippen LogP contribution in [0, 0.1) is 0 Å². The van der Waals surface area contributed by atoms with Gasteiger partial charge in [-0.2, -0.15) is 0 Å². The second-order valence-electron chi connectivity index (χ2n) is 4.92. The first kappa shape index (κ1) is 12.2. The fraction of sp³-hybridized carbons (Fsp3) is 0.429. The fourth-order valence-electron chi connectivity index (χ4n) is 2.70. The molecule has 2 N–H and O–H groups in total. The van der Waals surface area contributed by atoms with Crippen molar-refractivity contribution in [2.45, 2.75) is 18.9 Å². The Balaban J connectivity index is 1.79. The first-order valence-electron chi connectivity index (χ1n) is 6.76. The Morgan fingerprint density at radius 3 is 3.00 bits per heavy atom. The topological polar surface area (TPSA) is 56.8 Å². The van der Waals surface area contributed by atoms with Crippen molar-refractivity contribution < 1.29 is 0 Å². The molecule has 1 aliphatic rings. The van der Waals surface area contributed by atoms with Crippen molar-refractivity contribution in [2.24, 2.45) is 0 Å². The van der Waals surface area contributed by atoms with Gasteiger partial charge >= 0.3 is 0 Å². The van der Waals surface area contributed by atoms with Gasteiger partial charge in [-0.25, -0.2) is 0 Å². The van der Waals surface area contributed by atoms with Crippen LogP contribution in [0.2, 0.25) is 0 Å². The van der Waals surface area contributed by atoms with Gasteiger partial charge in [-0.3, -0.25) is 0 Å². The molecule has 3 heterocycles. The highest BCUT2D eigenvalue weighted by atomic mass is 15.3. The van der Waals surface area contributed by atoms with Gasteiger partial charge < -0.3 is 15.2 Å². The zero-order valence-corrected chi connectivity index (χ0v) is 11.1. The number of anilines is 1. The average Bonchev–Trinajstić information content (AvgIpc) is 3.10. The Kier molecular flexibility index (Phi) is 3.46. The monoisotopic (exact) mass is 257 g/mol. The van der Waals surface area contributed by atoms with Gasteiger partial charge in [0.15, 0.2) is 5.82 Å². The number of H-pyrrole nitrogens is 1. The summed E-state index contributed by atoms with van der Waals surface area (Å²) in [6.45, 7) is 2.08. The summed E-state index contributed by atoms with van der Waals surface area (Å²) in [5.41, 5.74) is 1.99.